The summed E-state index contributed by atoms with van der Waals surface area (Å²) in [6.07, 6.45) is 4.11. The van der Waals surface area contributed by atoms with Gasteiger partial charge in [-0.05, 0) is 31.2 Å². The number of nitrogens with two attached hydrogens (primary N) is 1. The SMILES string of the molecule is CCC(CC)(CNC(=O)c1cccc(N)c1OC)SC. The topological polar surface area (TPSA) is 64.4 Å². The second kappa shape index (κ2) is 7.43. The van der Waals surface area contributed by atoms with Crippen LogP contribution in [0.2, 0.25) is 0 Å². The molecule has 0 aliphatic rings. The number of carbonyl (C=O) groups excluding carboxylic acids is 1. The van der Waals surface area contributed by atoms with E-state index in [0.717, 1.165) is 12.8 Å². The molecule has 112 valence electrons. The first-order valence-electron chi connectivity index (χ1n) is 6.79. The molecule has 1 amide bonds. The third-order valence-corrected chi connectivity index (χ3v) is 5.37. The maximum Gasteiger partial charge on any atom is 0.255 e. The van der Waals surface area contributed by atoms with Gasteiger partial charge in [-0.25, -0.2) is 0 Å². The number of methoxy groups -OCH3 is 1. The van der Waals surface area contributed by atoms with Gasteiger partial charge in [0.2, 0.25) is 0 Å². The van der Waals surface area contributed by atoms with E-state index in [0.29, 0.717) is 23.5 Å². The molecule has 4 nitrogen and oxygen atoms in total. The van der Waals surface area contributed by atoms with Crippen molar-refractivity contribution >= 4 is 23.4 Å². The summed E-state index contributed by atoms with van der Waals surface area (Å²) in [5.74, 6) is 0.294. The van der Waals surface area contributed by atoms with Crippen molar-refractivity contribution in [1.82, 2.24) is 5.32 Å². The highest BCUT2D eigenvalue weighted by atomic mass is 32.2. The Morgan fingerprint density at radius 2 is 2.05 bits per heavy atom. The first-order valence-corrected chi connectivity index (χ1v) is 8.01. The molecule has 3 N–H and O–H groups in total. The summed E-state index contributed by atoms with van der Waals surface area (Å²) in [7, 11) is 1.52. The molecule has 0 radical (unpaired) electrons. The van der Waals surface area contributed by atoms with Crippen LogP contribution in [0.1, 0.15) is 37.0 Å². The summed E-state index contributed by atoms with van der Waals surface area (Å²) in [5.41, 5.74) is 6.78. The molecular weight excluding hydrogens is 272 g/mol. The molecule has 1 aromatic rings. The molecule has 20 heavy (non-hydrogen) atoms. The average molecular weight is 296 g/mol. The largest absolute Gasteiger partial charge is 0.494 e. The number of nitrogens with one attached hydrogen (secondary N) is 1. The monoisotopic (exact) mass is 296 g/mol. The second-order valence-corrected chi connectivity index (χ2v) is 5.98. The number of hydrogen-bond acceptors (Lipinski definition) is 4. The third-order valence-electron chi connectivity index (χ3n) is 3.79. The molecule has 0 saturated carbocycles. The van der Waals surface area contributed by atoms with E-state index >= 15 is 0 Å². The smallest absolute Gasteiger partial charge is 0.255 e. The summed E-state index contributed by atoms with van der Waals surface area (Å²) in [6, 6.07) is 5.21. The molecule has 1 aromatic carbocycles. The van der Waals surface area contributed by atoms with Crippen LogP contribution in [0.4, 0.5) is 5.69 Å². The molecule has 0 aliphatic carbocycles. The van der Waals surface area contributed by atoms with E-state index in [1.165, 1.54) is 7.11 Å². The molecule has 1 rings (SSSR count). The van der Waals surface area contributed by atoms with Gasteiger partial charge in [0, 0.05) is 11.3 Å². The van der Waals surface area contributed by atoms with Gasteiger partial charge in [0.25, 0.3) is 5.91 Å². The van der Waals surface area contributed by atoms with Gasteiger partial charge in [0.05, 0.1) is 18.4 Å². The standard InChI is InChI=1S/C15H24N2O2S/c1-5-15(6-2,20-4)10-17-14(18)11-8-7-9-12(16)13(11)19-3/h7-9H,5-6,10,16H2,1-4H3,(H,17,18). The molecule has 0 heterocycles. The van der Waals surface area contributed by atoms with Gasteiger partial charge in [0.15, 0.2) is 5.75 Å². The number of hydrogen-bond donors (Lipinski definition) is 2. The van der Waals surface area contributed by atoms with E-state index in [-0.39, 0.29) is 10.7 Å². The molecule has 0 bridgehead atoms. The molecule has 0 atom stereocenters. The fraction of sp³-hybridized carbons (Fsp3) is 0.533. The Morgan fingerprint density at radius 1 is 1.40 bits per heavy atom. The zero-order chi connectivity index (χ0) is 15.2. The number of ether oxygens (including phenoxy) is 1. The van der Waals surface area contributed by atoms with Crippen LogP contribution in [-0.4, -0.2) is 30.6 Å². The fourth-order valence-corrected chi connectivity index (χ4v) is 2.95. The van der Waals surface area contributed by atoms with Crippen LogP contribution < -0.4 is 15.8 Å². The van der Waals surface area contributed by atoms with Crippen molar-refractivity contribution in [2.45, 2.75) is 31.4 Å². The van der Waals surface area contributed by atoms with Crippen molar-refractivity contribution in [3.8, 4) is 5.75 Å². The molecule has 0 aromatic heterocycles. The minimum atomic E-state index is -0.144. The van der Waals surface area contributed by atoms with Gasteiger partial charge in [0.1, 0.15) is 0 Å². The lowest BCUT2D eigenvalue weighted by Gasteiger charge is -2.29. The summed E-state index contributed by atoms with van der Waals surface area (Å²) in [5, 5.41) is 3.00. The van der Waals surface area contributed by atoms with Crippen molar-refractivity contribution in [2.75, 3.05) is 25.6 Å². The quantitative estimate of drug-likeness (QED) is 0.759. The Balaban J connectivity index is 2.85. The predicted octanol–water partition coefficient (Wildman–Crippen LogP) is 2.93. The highest BCUT2D eigenvalue weighted by Crippen LogP contribution is 2.30. The number of carbonyl (C=O) groups is 1. The van der Waals surface area contributed by atoms with E-state index in [9.17, 15) is 4.79 Å². The average Bonchev–Trinajstić information content (AvgIpc) is 2.48. The van der Waals surface area contributed by atoms with E-state index in [1.807, 2.05) is 0 Å². The number of thioether (sulfide) groups is 1. The highest BCUT2D eigenvalue weighted by molar-refractivity contribution is 8.00. The van der Waals surface area contributed by atoms with Crippen LogP contribution in [0, 0.1) is 0 Å². The molecule has 0 fully saturated rings. The number of benzene rings is 1. The Morgan fingerprint density at radius 3 is 2.55 bits per heavy atom. The van der Waals surface area contributed by atoms with Crippen LogP contribution >= 0.6 is 11.8 Å². The Hall–Kier alpha value is -1.36. The highest BCUT2D eigenvalue weighted by Gasteiger charge is 2.26. The van der Waals surface area contributed by atoms with E-state index < -0.39 is 0 Å². The number of nitrogen functional groups attached to an aromatic ring is 1. The summed E-state index contributed by atoms with van der Waals surface area (Å²) < 4.78 is 5.30. The van der Waals surface area contributed by atoms with Crippen molar-refractivity contribution in [1.29, 1.82) is 0 Å². The fourth-order valence-electron chi connectivity index (χ4n) is 2.16. The normalized spacial score (nSPS) is 11.2. The lowest BCUT2D eigenvalue weighted by atomic mass is 10.0. The van der Waals surface area contributed by atoms with Crippen LogP contribution in [0.5, 0.6) is 5.75 Å². The predicted molar refractivity (Wildman–Crippen MR) is 86.6 cm³/mol. The Kier molecular flexibility index (Phi) is 6.20. The maximum atomic E-state index is 12.3. The molecular formula is C15H24N2O2S. The van der Waals surface area contributed by atoms with E-state index in [1.54, 1.807) is 30.0 Å². The Bertz CT molecular complexity index is 451. The van der Waals surface area contributed by atoms with Crippen molar-refractivity contribution in [3.05, 3.63) is 23.8 Å². The van der Waals surface area contributed by atoms with Crippen LogP contribution in [0.3, 0.4) is 0 Å². The summed E-state index contributed by atoms with van der Waals surface area (Å²) in [6.45, 7) is 4.93. The second-order valence-electron chi connectivity index (χ2n) is 4.70. The van der Waals surface area contributed by atoms with Gasteiger partial charge in [-0.1, -0.05) is 19.9 Å². The van der Waals surface area contributed by atoms with Gasteiger partial charge in [-0.2, -0.15) is 11.8 Å². The third kappa shape index (κ3) is 3.60. The summed E-state index contributed by atoms with van der Waals surface area (Å²) in [4.78, 5) is 12.3. The van der Waals surface area contributed by atoms with Crippen molar-refractivity contribution in [2.24, 2.45) is 0 Å². The lowest BCUT2D eigenvalue weighted by Crippen LogP contribution is -2.39. The van der Waals surface area contributed by atoms with E-state index in [2.05, 4.69) is 25.4 Å². The molecule has 0 aliphatic heterocycles. The minimum absolute atomic E-state index is 0.0865. The number of amides is 1. The Labute approximate surface area is 125 Å². The molecule has 5 heteroatoms. The number of rotatable bonds is 7. The maximum absolute atomic E-state index is 12.3. The lowest BCUT2D eigenvalue weighted by molar-refractivity contribution is 0.0946. The van der Waals surface area contributed by atoms with Crippen molar-refractivity contribution in [3.63, 3.8) is 0 Å². The van der Waals surface area contributed by atoms with Crippen LogP contribution in [-0.2, 0) is 0 Å². The van der Waals surface area contributed by atoms with Crippen LogP contribution in [0.25, 0.3) is 0 Å². The zero-order valence-corrected chi connectivity index (χ0v) is 13.5. The first kappa shape index (κ1) is 16.7. The number of para-hydroxylation sites is 1. The number of anilines is 1. The van der Waals surface area contributed by atoms with Gasteiger partial charge >= 0.3 is 0 Å². The molecule has 0 unspecified atom stereocenters. The first-order chi connectivity index (χ1) is 9.53. The minimum Gasteiger partial charge on any atom is -0.494 e. The zero-order valence-electron chi connectivity index (χ0n) is 12.7. The van der Waals surface area contributed by atoms with Gasteiger partial charge in [-0.3, -0.25) is 4.79 Å². The molecule has 0 spiro atoms. The summed E-state index contributed by atoms with van der Waals surface area (Å²) >= 11 is 1.80. The molecule has 0 saturated heterocycles. The van der Waals surface area contributed by atoms with Crippen molar-refractivity contribution < 1.29 is 9.53 Å². The van der Waals surface area contributed by atoms with E-state index in [4.69, 9.17) is 10.5 Å². The van der Waals surface area contributed by atoms with Crippen LogP contribution in [0.15, 0.2) is 18.2 Å². The van der Waals surface area contributed by atoms with Gasteiger partial charge < -0.3 is 15.8 Å². The van der Waals surface area contributed by atoms with Gasteiger partial charge in [-0.15, -0.1) is 0 Å².